The highest BCUT2D eigenvalue weighted by atomic mass is 16.6. The number of amides is 2. The second-order valence-corrected chi connectivity index (χ2v) is 22.8. The predicted octanol–water partition coefficient (Wildman–Crippen LogP) is 5.75. The molecular formula is C61H101N3O18. The summed E-state index contributed by atoms with van der Waals surface area (Å²) in [5.41, 5.74) is 8.49. The van der Waals surface area contributed by atoms with Crippen molar-refractivity contribution in [2.75, 3.05) is 94.9 Å². The van der Waals surface area contributed by atoms with Gasteiger partial charge < -0.3 is 78.3 Å². The Morgan fingerprint density at radius 2 is 1.45 bits per heavy atom. The summed E-state index contributed by atoms with van der Waals surface area (Å²) in [5, 5.41) is 26.5. The molecule has 5 N–H and O–H groups in total. The molecule has 1 unspecified atom stereocenters. The smallest absolute Gasteiger partial charge is 0.407 e. The van der Waals surface area contributed by atoms with E-state index in [2.05, 4.69) is 5.32 Å². The molecule has 2 saturated heterocycles. The maximum Gasteiger partial charge on any atom is 0.407 e. The quantitative estimate of drug-likeness (QED) is 0.0489. The van der Waals surface area contributed by atoms with Crippen molar-refractivity contribution in [2.24, 2.45) is 35.3 Å². The number of allylic oxidation sites excluding steroid dienone is 5. The van der Waals surface area contributed by atoms with Crippen LogP contribution in [0.5, 0.6) is 0 Å². The molecule has 3 heterocycles. The van der Waals surface area contributed by atoms with Crippen molar-refractivity contribution in [1.29, 1.82) is 0 Å². The largest absolute Gasteiger partial charge is 0.459 e. The molecule has 468 valence electrons. The van der Waals surface area contributed by atoms with Gasteiger partial charge in [0, 0.05) is 85.3 Å². The van der Waals surface area contributed by atoms with Crippen molar-refractivity contribution in [1.82, 2.24) is 10.2 Å². The summed E-state index contributed by atoms with van der Waals surface area (Å²) >= 11 is 0. The molecule has 1 aliphatic carbocycles. The molecule has 1 saturated carbocycles. The van der Waals surface area contributed by atoms with Crippen LogP contribution in [-0.4, -0.2) is 206 Å². The van der Waals surface area contributed by atoms with Gasteiger partial charge in [-0.3, -0.25) is 14.4 Å². The number of alkyl carbamates (subject to hydrolysis) is 1. The van der Waals surface area contributed by atoms with Gasteiger partial charge in [0.25, 0.3) is 11.7 Å². The topological polar surface area (TPSA) is 269 Å². The zero-order valence-electron chi connectivity index (χ0n) is 50.9. The number of hydrogen-bond acceptors (Lipinski definition) is 19. The van der Waals surface area contributed by atoms with E-state index in [1.54, 1.807) is 35.2 Å². The molecule has 21 heteroatoms. The first kappa shape index (κ1) is 70.5. The first-order valence-corrected chi connectivity index (χ1v) is 29.6. The number of methoxy groups -OCH3 is 5. The normalized spacial score (nSPS) is 35.3. The van der Waals surface area contributed by atoms with Crippen molar-refractivity contribution >= 4 is 29.5 Å². The Kier molecular flexibility index (Phi) is 31.6. The Balaban J connectivity index is 1.57. The number of aliphatic hydroxyl groups excluding tert-OH is 1. The molecule has 16 atom stereocenters. The van der Waals surface area contributed by atoms with Crippen LogP contribution < -0.4 is 11.1 Å². The van der Waals surface area contributed by atoms with Crippen molar-refractivity contribution < 1.29 is 86.3 Å². The van der Waals surface area contributed by atoms with E-state index >= 15 is 0 Å². The highest BCUT2D eigenvalue weighted by Gasteiger charge is 2.53. The fraction of sp³-hybridized carbons (Fsp3) is 0.787. The van der Waals surface area contributed by atoms with Gasteiger partial charge in [0.05, 0.1) is 70.7 Å². The van der Waals surface area contributed by atoms with Crippen LogP contribution in [0.3, 0.4) is 0 Å². The fourth-order valence-corrected chi connectivity index (χ4v) is 11.5. The van der Waals surface area contributed by atoms with Gasteiger partial charge in [-0.1, -0.05) is 64.2 Å². The van der Waals surface area contributed by atoms with E-state index in [1.807, 2.05) is 64.2 Å². The van der Waals surface area contributed by atoms with E-state index in [1.165, 1.54) is 19.1 Å². The van der Waals surface area contributed by atoms with Gasteiger partial charge in [-0.05, 0) is 101 Å². The Labute approximate surface area is 487 Å². The number of carbonyl (C=O) groups is 5. The average molecular weight is 1160 g/mol. The number of hydrogen-bond donors (Lipinski definition) is 4. The van der Waals surface area contributed by atoms with Gasteiger partial charge in [0.1, 0.15) is 30.5 Å². The third-order valence-electron chi connectivity index (χ3n) is 16.6. The number of ether oxygens (including phenoxy) is 11. The van der Waals surface area contributed by atoms with Gasteiger partial charge in [0.15, 0.2) is 5.78 Å². The zero-order valence-corrected chi connectivity index (χ0v) is 50.9. The summed E-state index contributed by atoms with van der Waals surface area (Å²) in [6, 6.07) is -1.95. The molecule has 4 rings (SSSR count). The van der Waals surface area contributed by atoms with Crippen molar-refractivity contribution in [3.63, 3.8) is 0 Å². The molecular weight excluding hydrogens is 1060 g/mol. The van der Waals surface area contributed by atoms with E-state index in [9.17, 15) is 34.2 Å². The third kappa shape index (κ3) is 21.8. The minimum absolute atomic E-state index is 0.0137. The van der Waals surface area contributed by atoms with E-state index < -0.39 is 108 Å². The summed E-state index contributed by atoms with van der Waals surface area (Å²) < 4.78 is 63.3. The number of esters is 1. The van der Waals surface area contributed by atoms with Crippen LogP contribution in [0.2, 0.25) is 0 Å². The predicted molar refractivity (Wildman–Crippen MR) is 306 cm³/mol. The Hall–Kier alpha value is -3.97. The Morgan fingerprint density at radius 3 is 2.11 bits per heavy atom. The van der Waals surface area contributed by atoms with Gasteiger partial charge in [-0.15, -0.1) is 0 Å². The maximum atomic E-state index is 14.7. The Morgan fingerprint density at radius 1 is 0.768 bits per heavy atom. The van der Waals surface area contributed by atoms with Crippen LogP contribution in [-0.2, 0) is 71.3 Å². The second-order valence-electron chi connectivity index (χ2n) is 22.8. The van der Waals surface area contributed by atoms with E-state index in [4.69, 9.17) is 57.8 Å². The number of piperidine rings is 1. The molecule has 0 aromatic carbocycles. The standard InChI is InChI=1S/C61H101N3O18/c1-39-17-13-12-14-18-40(2)50(73-8)37-46-22-20-44(6)61(71,82-46)57(67)58(68)64-25-16-15-19-48(64)59(69)80-52(38-51(74-9)41(3)34-43(5)55(66)56(76-11)54(65)42(4)33-39)47(62)35-45-21-23-49(53(36-45)75-10)81-60(70)63-24-26-77-29-30-79-32-31-78-28-27-72-7/h12-14,17-18,34,39,41-42,44-53,55-56,66,71H,15-16,19-33,35-38,62H2,1-11H3,(H,63,70)/b14-12+,17-13+,40-18+,43-34+/t39-,41-,42?,44-,45+,46+,47-,48+,49-,50+,51-,52+,53-,55-,56+,61-/m1/s1. The molecule has 2 bridgehead atoms. The lowest BCUT2D eigenvalue weighted by atomic mass is 9.80. The average Bonchev–Trinajstić information content (AvgIpc) is 3.47. The number of ketones is 2. The fourth-order valence-electron chi connectivity index (χ4n) is 11.5. The van der Waals surface area contributed by atoms with Crippen LogP contribution in [0.25, 0.3) is 0 Å². The number of Topliss-reactive ketones (excluding diaryl/α,β-unsaturated/α-hetero) is 2. The van der Waals surface area contributed by atoms with Crippen molar-refractivity contribution in [2.45, 2.75) is 185 Å². The maximum absolute atomic E-state index is 14.7. The SMILES string of the molecule is COCCOCCOCCOCCNC(=O)O[C@@H]1CC[C@@H](C[C@@H](N)[C@@H]2C[C@@H](OC)[C@H](C)/C=C(\C)[C@@H](O)[C@@H](OC)C(=O)C(C)C[C@H](C)/C=C/C=C/C=C(\C)[C@@H](OC)C[C@@H]3CC[C@@H](C)[C@@](O)(O3)C(=O)C(=O)N3CCCC[C@H]3C(=O)O2)C[C@H]1OC. The Bertz CT molecular complexity index is 2090. The summed E-state index contributed by atoms with van der Waals surface area (Å²) in [7, 11) is 7.68. The third-order valence-corrected chi connectivity index (χ3v) is 16.6. The first-order valence-electron chi connectivity index (χ1n) is 29.6. The molecule has 21 nitrogen and oxygen atoms in total. The number of cyclic esters (lactones) is 1. The molecule has 0 aromatic rings. The highest BCUT2D eigenvalue weighted by Crippen LogP contribution is 2.38. The molecule has 82 heavy (non-hydrogen) atoms. The van der Waals surface area contributed by atoms with Crippen LogP contribution in [0, 0.1) is 29.6 Å². The molecule has 2 amide bonds. The van der Waals surface area contributed by atoms with E-state index in [0.717, 1.165) is 5.57 Å². The highest BCUT2D eigenvalue weighted by molar-refractivity contribution is 6.39. The monoisotopic (exact) mass is 1160 g/mol. The first-order chi connectivity index (χ1) is 39.2. The number of aliphatic hydroxyl groups is 2. The van der Waals surface area contributed by atoms with Gasteiger partial charge in [0.2, 0.25) is 5.79 Å². The van der Waals surface area contributed by atoms with Crippen molar-refractivity contribution in [3.05, 3.63) is 47.6 Å². The number of nitrogens with zero attached hydrogens (tertiary/aromatic N) is 1. The second kappa shape index (κ2) is 36.8. The van der Waals surface area contributed by atoms with E-state index in [-0.39, 0.29) is 50.2 Å². The van der Waals surface area contributed by atoms with E-state index in [0.29, 0.717) is 109 Å². The van der Waals surface area contributed by atoms with Crippen molar-refractivity contribution in [3.8, 4) is 0 Å². The number of rotatable bonds is 20. The van der Waals surface area contributed by atoms with Crippen LogP contribution in [0.1, 0.15) is 119 Å². The lowest BCUT2D eigenvalue weighted by Crippen LogP contribution is -2.61. The molecule has 3 aliphatic heterocycles. The lowest BCUT2D eigenvalue weighted by Gasteiger charge is -2.43. The van der Waals surface area contributed by atoms with Gasteiger partial charge in [-0.25, -0.2) is 9.59 Å². The van der Waals surface area contributed by atoms with Crippen LogP contribution in [0.4, 0.5) is 4.79 Å². The van der Waals surface area contributed by atoms with Gasteiger partial charge >= 0.3 is 12.1 Å². The minimum atomic E-state index is -2.46. The lowest BCUT2D eigenvalue weighted by molar-refractivity contribution is -0.265. The summed E-state index contributed by atoms with van der Waals surface area (Å²) in [5.74, 6) is -7.26. The molecule has 0 aromatic heterocycles. The molecule has 0 spiro atoms. The molecule has 4 aliphatic rings. The number of fused-ring (bicyclic) bond motifs is 3. The number of nitrogens with two attached hydrogens (primary N) is 1. The minimum Gasteiger partial charge on any atom is -0.459 e. The molecule has 0 radical (unpaired) electrons. The number of carbonyl (C=O) groups excluding carboxylic acids is 5. The number of nitrogens with one attached hydrogen (secondary N) is 1. The summed E-state index contributed by atoms with van der Waals surface area (Å²) in [4.78, 5) is 71.6. The summed E-state index contributed by atoms with van der Waals surface area (Å²) in [6.45, 7) is 14.3. The van der Waals surface area contributed by atoms with Gasteiger partial charge in [-0.2, -0.15) is 0 Å². The van der Waals surface area contributed by atoms with Crippen LogP contribution >= 0.6 is 0 Å². The zero-order chi connectivity index (χ0) is 60.4. The van der Waals surface area contributed by atoms with Crippen LogP contribution in [0.15, 0.2) is 47.6 Å². The summed E-state index contributed by atoms with van der Waals surface area (Å²) in [6.07, 6.45) is 9.73. The molecule has 3 fully saturated rings.